The molecule has 88 valence electrons. The minimum absolute atomic E-state index is 1.06. The molecule has 0 atom stereocenters. The largest absolute Gasteiger partial charge is 0.168 e. The molecule has 1 aromatic heterocycles. The van der Waals surface area contributed by atoms with Crippen LogP contribution in [0, 0.1) is 20.8 Å². The summed E-state index contributed by atoms with van der Waals surface area (Å²) in [5.41, 5.74) is 6.49. The van der Waals surface area contributed by atoms with Crippen molar-refractivity contribution in [3.05, 3.63) is 40.7 Å². The van der Waals surface area contributed by atoms with Gasteiger partial charge in [-0.05, 0) is 38.3 Å². The fourth-order valence-electron chi connectivity index (χ4n) is 2.84. The predicted octanol–water partition coefficient (Wildman–Crippen LogP) is 2.03. The summed E-state index contributed by atoms with van der Waals surface area (Å²) in [4.78, 5) is 0. The van der Waals surface area contributed by atoms with E-state index in [-0.39, 0.29) is 0 Å². The van der Waals surface area contributed by atoms with Gasteiger partial charge in [-0.1, -0.05) is 17.7 Å². The Bertz CT molecular complexity index is 537. The van der Waals surface area contributed by atoms with Crippen LogP contribution in [0.1, 0.15) is 28.8 Å². The fourth-order valence-corrected chi connectivity index (χ4v) is 2.84. The zero-order chi connectivity index (χ0) is 12.0. The third-order valence-corrected chi connectivity index (χ3v) is 3.47. The van der Waals surface area contributed by atoms with Gasteiger partial charge in [-0.25, -0.2) is 0 Å². The molecule has 0 aliphatic carbocycles. The Labute approximate surface area is 102 Å². The molecular formula is C14H18N3+. The summed E-state index contributed by atoms with van der Waals surface area (Å²) in [5.74, 6) is 0. The first-order valence-electron chi connectivity index (χ1n) is 6.22. The quantitative estimate of drug-likeness (QED) is 0.684. The molecule has 1 aliphatic rings. The van der Waals surface area contributed by atoms with E-state index in [2.05, 4.69) is 49.0 Å². The van der Waals surface area contributed by atoms with E-state index in [4.69, 9.17) is 0 Å². The number of fused-ring (bicyclic) bond motifs is 1. The first kappa shape index (κ1) is 10.5. The van der Waals surface area contributed by atoms with E-state index < -0.39 is 0 Å². The monoisotopic (exact) mass is 228 g/mol. The van der Waals surface area contributed by atoms with E-state index in [1.54, 1.807) is 0 Å². The highest BCUT2D eigenvalue weighted by Gasteiger charge is 2.23. The lowest BCUT2D eigenvalue weighted by atomic mass is 10.1. The van der Waals surface area contributed by atoms with Crippen molar-refractivity contribution in [3.63, 3.8) is 0 Å². The van der Waals surface area contributed by atoms with Gasteiger partial charge in [0.1, 0.15) is 6.54 Å². The van der Waals surface area contributed by atoms with Crippen LogP contribution in [0.5, 0.6) is 0 Å². The van der Waals surface area contributed by atoms with Crippen LogP contribution in [0.15, 0.2) is 18.3 Å². The normalized spacial score (nSPS) is 14.1. The Morgan fingerprint density at radius 3 is 2.53 bits per heavy atom. The number of benzene rings is 1. The minimum atomic E-state index is 1.06. The average Bonchev–Trinajstić information content (AvgIpc) is 2.75. The molecule has 0 saturated heterocycles. The molecule has 0 spiro atoms. The topological polar surface area (TPSA) is 21.7 Å². The highest BCUT2D eigenvalue weighted by molar-refractivity contribution is 5.42. The lowest BCUT2D eigenvalue weighted by molar-refractivity contribution is -0.662. The second-order valence-electron chi connectivity index (χ2n) is 5.03. The lowest BCUT2D eigenvalue weighted by Crippen LogP contribution is -2.35. The van der Waals surface area contributed by atoms with Gasteiger partial charge in [0.25, 0.3) is 0 Å². The molecule has 3 nitrogen and oxygen atoms in total. The number of aryl methyl sites for hydroxylation is 5. The molecule has 3 heteroatoms. The van der Waals surface area contributed by atoms with Crippen LogP contribution in [0.25, 0.3) is 5.69 Å². The van der Waals surface area contributed by atoms with Gasteiger partial charge >= 0.3 is 0 Å². The highest BCUT2D eigenvalue weighted by Crippen LogP contribution is 2.17. The smallest absolute Gasteiger partial charge is 0.134 e. The molecule has 0 radical (unpaired) electrons. The third kappa shape index (κ3) is 1.66. The molecule has 0 unspecified atom stereocenters. The summed E-state index contributed by atoms with van der Waals surface area (Å²) >= 11 is 0. The Balaban J connectivity index is 2.15. The molecule has 3 rings (SSSR count). The van der Waals surface area contributed by atoms with E-state index in [0.717, 1.165) is 13.0 Å². The molecule has 17 heavy (non-hydrogen) atoms. The van der Waals surface area contributed by atoms with Crippen LogP contribution < -0.4 is 4.68 Å². The summed E-state index contributed by atoms with van der Waals surface area (Å²) in [6, 6.07) is 4.44. The van der Waals surface area contributed by atoms with Crippen molar-refractivity contribution in [3.8, 4) is 5.69 Å². The maximum Gasteiger partial charge on any atom is 0.168 e. The zero-order valence-corrected chi connectivity index (χ0v) is 10.7. The molecule has 0 fully saturated rings. The van der Waals surface area contributed by atoms with Crippen molar-refractivity contribution in [2.75, 3.05) is 0 Å². The first-order chi connectivity index (χ1) is 8.15. The second-order valence-corrected chi connectivity index (χ2v) is 5.03. The van der Waals surface area contributed by atoms with Gasteiger partial charge < -0.3 is 0 Å². The minimum Gasteiger partial charge on any atom is -0.134 e. The van der Waals surface area contributed by atoms with E-state index in [0.29, 0.717) is 0 Å². The van der Waals surface area contributed by atoms with Gasteiger partial charge in [0.15, 0.2) is 17.6 Å². The van der Waals surface area contributed by atoms with Crippen molar-refractivity contribution in [1.82, 2.24) is 9.90 Å². The van der Waals surface area contributed by atoms with Crippen LogP contribution in [0.4, 0.5) is 0 Å². The maximum atomic E-state index is 4.65. The van der Waals surface area contributed by atoms with Gasteiger partial charge in [-0.15, -0.1) is 9.36 Å². The van der Waals surface area contributed by atoms with E-state index in [1.165, 1.54) is 34.5 Å². The lowest BCUT2D eigenvalue weighted by Gasteiger charge is -2.05. The van der Waals surface area contributed by atoms with Crippen molar-refractivity contribution in [1.29, 1.82) is 0 Å². The van der Waals surface area contributed by atoms with E-state index in [9.17, 15) is 0 Å². The van der Waals surface area contributed by atoms with Crippen LogP contribution in [0.2, 0.25) is 0 Å². The third-order valence-electron chi connectivity index (χ3n) is 3.47. The average molecular weight is 228 g/mol. The van der Waals surface area contributed by atoms with Gasteiger partial charge in [0.2, 0.25) is 0 Å². The fraction of sp³-hybridized carbons (Fsp3) is 0.429. The Morgan fingerprint density at radius 2 is 1.88 bits per heavy atom. The van der Waals surface area contributed by atoms with Gasteiger partial charge in [0, 0.05) is 6.42 Å². The molecule has 0 bridgehead atoms. The van der Waals surface area contributed by atoms with Crippen molar-refractivity contribution >= 4 is 0 Å². The Kier molecular flexibility index (Phi) is 2.28. The molecule has 2 aromatic rings. The zero-order valence-electron chi connectivity index (χ0n) is 10.7. The Hall–Kier alpha value is -1.64. The van der Waals surface area contributed by atoms with Crippen LogP contribution in [-0.4, -0.2) is 9.90 Å². The van der Waals surface area contributed by atoms with E-state index in [1.807, 2.05) is 4.68 Å². The molecule has 2 heterocycles. The number of hydrogen-bond acceptors (Lipinski definition) is 1. The van der Waals surface area contributed by atoms with Crippen molar-refractivity contribution in [2.24, 2.45) is 0 Å². The molecular weight excluding hydrogens is 210 g/mol. The van der Waals surface area contributed by atoms with Crippen LogP contribution >= 0.6 is 0 Å². The van der Waals surface area contributed by atoms with Gasteiger partial charge in [0.05, 0.1) is 5.21 Å². The van der Waals surface area contributed by atoms with Gasteiger partial charge in [-0.2, -0.15) is 0 Å². The summed E-state index contributed by atoms with van der Waals surface area (Å²) < 4.78 is 4.16. The molecule has 0 saturated carbocycles. The summed E-state index contributed by atoms with van der Waals surface area (Å²) in [7, 11) is 0. The summed E-state index contributed by atoms with van der Waals surface area (Å²) in [5, 5.41) is 4.65. The highest BCUT2D eigenvalue weighted by atomic mass is 15.5. The summed E-state index contributed by atoms with van der Waals surface area (Å²) in [6.45, 7) is 7.52. The van der Waals surface area contributed by atoms with Crippen LogP contribution in [-0.2, 0) is 13.0 Å². The SMILES string of the molecule is Cc1cc(C)c(-[n+]2cc3n(n2)CCC3)c(C)c1. The van der Waals surface area contributed by atoms with E-state index >= 15 is 0 Å². The standard InChI is InChI=1S/C14H18N3/c1-10-7-11(2)14(12(3)8-10)17-9-13-5-4-6-16(13)15-17/h7-9H,4-6H2,1-3H3/q+1. The number of rotatable bonds is 1. The number of aromatic nitrogens is 3. The molecule has 0 amide bonds. The van der Waals surface area contributed by atoms with Gasteiger partial charge in [-0.3, -0.25) is 0 Å². The second kappa shape index (κ2) is 3.69. The summed E-state index contributed by atoms with van der Waals surface area (Å²) in [6.07, 6.45) is 4.57. The molecule has 1 aromatic carbocycles. The molecule has 1 aliphatic heterocycles. The molecule has 0 N–H and O–H groups in total. The van der Waals surface area contributed by atoms with Crippen LogP contribution in [0.3, 0.4) is 0 Å². The van der Waals surface area contributed by atoms with Crippen molar-refractivity contribution < 1.29 is 4.68 Å². The number of nitrogens with zero attached hydrogens (tertiary/aromatic N) is 3. The Morgan fingerprint density at radius 1 is 1.18 bits per heavy atom. The number of hydrogen-bond donors (Lipinski definition) is 0. The first-order valence-corrected chi connectivity index (χ1v) is 6.22. The van der Waals surface area contributed by atoms with Crippen molar-refractivity contribution in [2.45, 2.75) is 40.2 Å². The maximum absolute atomic E-state index is 4.65. The predicted molar refractivity (Wildman–Crippen MR) is 66.3 cm³/mol.